The van der Waals surface area contributed by atoms with E-state index in [4.69, 9.17) is 0 Å². The third-order valence-corrected chi connectivity index (χ3v) is 3.95. The molecule has 1 aromatic rings. The van der Waals surface area contributed by atoms with Crippen molar-refractivity contribution in [3.8, 4) is 0 Å². The Hall–Kier alpha value is -0.380. The van der Waals surface area contributed by atoms with Gasteiger partial charge in [-0.2, -0.15) is 5.10 Å². The van der Waals surface area contributed by atoms with Crippen LogP contribution in [0.25, 0.3) is 0 Å². The lowest BCUT2D eigenvalue weighted by molar-refractivity contribution is 0.323. The Morgan fingerprint density at radius 2 is 2.50 bits per heavy atom. The third-order valence-electron chi connectivity index (χ3n) is 3.17. The van der Waals surface area contributed by atoms with Crippen LogP contribution in [0.3, 0.4) is 0 Å². The van der Waals surface area contributed by atoms with E-state index in [-0.39, 0.29) is 0 Å². The largest absolute Gasteiger partial charge is 0.253 e. The number of hydrogen-bond donors (Lipinski definition) is 0. The molecule has 78 valence electrons. The lowest BCUT2D eigenvalue weighted by atomic mass is 9.85. The first kappa shape index (κ1) is 10.1. The van der Waals surface area contributed by atoms with Crippen LogP contribution in [0.1, 0.15) is 32.0 Å². The van der Waals surface area contributed by atoms with Crippen LogP contribution in [0.15, 0.2) is 6.33 Å². The van der Waals surface area contributed by atoms with E-state index < -0.39 is 0 Å². The zero-order chi connectivity index (χ0) is 10.2. The summed E-state index contributed by atoms with van der Waals surface area (Å²) in [6, 6.07) is 0. The van der Waals surface area contributed by atoms with Crippen molar-refractivity contribution < 1.29 is 0 Å². The standard InChI is InChI=1S/C10H16BrN3/c1-10(4-3-8(11)5-10)6-9-12-7-13-14(9)2/h7-8H,3-6H2,1-2H3. The molecular formula is C10H16BrN3. The zero-order valence-electron chi connectivity index (χ0n) is 8.70. The van der Waals surface area contributed by atoms with E-state index in [0.717, 1.165) is 12.2 Å². The Kier molecular flexibility index (Phi) is 2.64. The minimum Gasteiger partial charge on any atom is -0.253 e. The molecule has 4 heteroatoms. The van der Waals surface area contributed by atoms with Crippen molar-refractivity contribution in [3.63, 3.8) is 0 Å². The maximum atomic E-state index is 4.29. The Morgan fingerprint density at radius 1 is 1.71 bits per heavy atom. The summed E-state index contributed by atoms with van der Waals surface area (Å²) in [6.07, 6.45) is 6.51. The first-order valence-electron chi connectivity index (χ1n) is 5.06. The van der Waals surface area contributed by atoms with Crippen LogP contribution in [-0.2, 0) is 13.5 Å². The zero-order valence-corrected chi connectivity index (χ0v) is 10.3. The number of halogens is 1. The summed E-state index contributed by atoms with van der Waals surface area (Å²) in [5, 5.41) is 4.10. The van der Waals surface area contributed by atoms with Crippen molar-refractivity contribution in [1.29, 1.82) is 0 Å². The molecule has 1 heterocycles. The smallest absolute Gasteiger partial charge is 0.138 e. The first-order chi connectivity index (χ1) is 6.59. The van der Waals surface area contributed by atoms with Crippen molar-refractivity contribution in [1.82, 2.24) is 14.8 Å². The van der Waals surface area contributed by atoms with E-state index in [1.807, 2.05) is 11.7 Å². The molecule has 1 fully saturated rings. The van der Waals surface area contributed by atoms with Gasteiger partial charge in [0.25, 0.3) is 0 Å². The Balaban J connectivity index is 2.07. The highest BCUT2D eigenvalue weighted by Crippen LogP contribution is 2.42. The van der Waals surface area contributed by atoms with Crippen LogP contribution < -0.4 is 0 Å². The quantitative estimate of drug-likeness (QED) is 0.762. The summed E-state index contributed by atoms with van der Waals surface area (Å²) in [5.74, 6) is 1.11. The molecule has 0 aliphatic heterocycles. The fourth-order valence-electron chi connectivity index (χ4n) is 2.27. The lowest BCUT2D eigenvalue weighted by Crippen LogP contribution is -2.18. The number of rotatable bonds is 2. The second-order valence-electron chi connectivity index (χ2n) is 4.63. The van der Waals surface area contributed by atoms with Gasteiger partial charge in [0.1, 0.15) is 12.2 Å². The molecule has 0 bridgehead atoms. The van der Waals surface area contributed by atoms with Crippen molar-refractivity contribution in [3.05, 3.63) is 12.2 Å². The van der Waals surface area contributed by atoms with Gasteiger partial charge in [-0.15, -0.1) is 0 Å². The molecule has 0 N–H and O–H groups in total. The highest BCUT2D eigenvalue weighted by Gasteiger charge is 2.34. The van der Waals surface area contributed by atoms with Crippen LogP contribution in [-0.4, -0.2) is 19.6 Å². The van der Waals surface area contributed by atoms with Gasteiger partial charge >= 0.3 is 0 Å². The molecule has 0 aromatic carbocycles. The van der Waals surface area contributed by atoms with Gasteiger partial charge < -0.3 is 0 Å². The molecule has 1 saturated carbocycles. The van der Waals surface area contributed by atoms with Gasteiger partial charge in [-0.1, -0.05) is 22.9 Å². The van der Waals surface area contributed by atoms with Gasteiger partial charge in [-0.3, -0.25) is 4.68 Å². The molecule has 0 amide bonds. The Labute approximate surface area is 93.0 Å². The van der Waals surface area contributed by atoms with Crippen molar-refractivity contribution in [2.45, 2.75) is 37.4 Å². The number of aryl methyl sites for hydroxylation is 1. The molecule has 14 heavy (non-hydrogen) atoms. The molecule has 1 aromatic heterocycles. The van der Waals surface area contributed by atoms with E-state index in [1.54, 1.807) is 6.33 Å². The van der Waals surface area contributed by atoms with Crippen LogP contribution in [0.5, 0.6) is 0 Å². The third kappa shape index (κ3) is 2.00. The Bertz CT molecular complexity index is 323. The van der Waals surface area contributed by atoms with Crippen molar-refractivity contribution in [2.75, 3.05) is 0 Å². The predicted molar refractivity (Wildman–Crippen MR) is 59.4 cm³/mol. The summed E-state index contributed by atoms with van der Waals surface area (Å²) < 4.78 is 1.88. The average Bonchev–Trinajstić information content (AvgIpc) is 2.62. The first-order valence-corrected chi connectivity index (χ1v) is 5.98. The molecular weight excluding hydrogens is 242 g/mol. The maximum Gasteiger partial charge on any atom is 0.138 e. The number of nitrogens with zero attached hydrogens (tertiary/aromatic N) is 3. The summed E-state index contributed by atoms with van der Waals surface area (Å²) in [4.78, 5) is 4.98. The van der Waals surface area contributed by atoms with E-state index in [1.165, 1.54) is 19.3 Å². The number of hydrogen-bond acceptors (Lipinski definition) is 2. The van der Waals surface area contributed by atoms with E-state index in [0.29, 0.717) is 10.2 Å². The van der Waals surface area contributed by atoms with Crippen LogP contribution in [0.4, 0.5) is 0 Å². The summed E-state index contributed by atoms with van der Waals surface area (Å²) in [6.45, 7) is 2.35. The van der Waals surface area contributed by atoms with Crippen LogP contribution in [0, 0.1) is 5.41 Å². The van der Waals surface area contributed by atoms with Gasteiger partial charge in [-0.05, 0) is 24.7 Å². The molecule has 2 unspecified atom stereocenters. The number of alkyl halides is 1. The maximum absolute atomic E-state index is 4.29. The lowest BCUT2D eigenvalue weighted by Gasteiger charge is -2.22. The average molecular weight is 258 g/mol. The molecule has 1 aliphatic rings. The van der Waals surface area contributed by atoms with Gasteiger partial charge in [-0.25, -0.2) is 4.98 Å². The summed E-state index contributed by atoms with van der Waals surface area (Å²) >= 11 is 3.69. The topological polar surface area (TPSA) is 30.7 Å². The van der Waals surface area contributed by atoms with Gasteiger partial charge in [0.2, 0.25) is 0 Å². The molecule has 2 rings (SSSR count). The summed E-state index contributed by atoms with van der Waals surface area (Å²) in [5.41, 5.74) is 0.412. The van der Waals surface area contributed by atoms with E-state index >= 15 is 0 Å². The van der Waals surface area contributed by atoms with Gasteiger partial charge in [0.15, 0.2) is 0 Å². The monoisotopic (exact) mass is 257 g/mol. The van der Waals surface area contributed by atoms with Crippen LogP contribution >= 0.6 is 15.9 Å². The number of aromatic nitrogens is 3. The van der Waals surface area contributed by atoms with Crippen LogP contribution in [0.2, 0.25) is 0 Å². The van der Waals surface area contributed by atoms with E-state index in [9.17, 15) is 0 Å². The minimum atomic E-state index is 0.412. The molecule has 0 radical (unpaired) electrons. The van der Waals surface area contributed by atoms with Gasteiger partial charge in [0, 0.05) is 18.3 Å². The molecule has 3 nitrogen and oxygen atoms in total. The predicted octanol–water partition coefficient (Wildman–Crippen LogP) is 2.31. The van der Waals surface area contributed by atoms with Crippen molar-refractivity contribution in [2.24, 2.45) is 12.5 Å². The molecule has 1 aliphatic carbocycles. The summed E-state index contributed by atoms with van der Waals surface area (Å²) in [7, 11) is 1.96. The molecule has 2 atom stereocenters. The minimum absolute atomic E-state index is 0.412. The second kappa shape index (κ2) is 3.65. The fraction of sp³-hybridized carbons (Fsp3) is 0.800. The fourth-order valence-corrected chi connectivity index (χ4v) is 3.28. The van der Waals surface area contributed by atoms with Gasteiger partial charge in [0.05, 0.1) is 0 Å². The molecule has 0 spiro atoms. The van der Waals surface area contributed by atoms with Crippen molar-refractivity contribution >= 4 is 15.9 Å². The highest BCUT2D eigenvalue weighted by molar-refractivity contribution is 9.09. The van der Waals surface area contributed by atoms with E-state index in [2.05, 4.69) is 32.9 Å². The molecule has 0 saturated heterocycles. The second-order valence-corrected chi connectivity index (χ2v) is 5.92. The SMILES string of the molecule is Cn1ncnc1CC1(C)CCC(Br)C1. The normalized spacial score (nSPS) is 32.4. The Morgan fingerprint density at radius 3 is 3.00 bits per heavy atom. The highest BCUT2D eigenvalue weighted by atomic mass is 79.9.